The predicted octanol–water partition coefficient (Wildman–Crippen LogP) is 7.06. The van der Waals surface area contributed by atoms with Gasteiger partial charge in [-0.25, -0.2) is 4.39 Å². The zero-order valence-corrected chi connectivity index (χ0v) is 21.1. The molecule has 4 aromatic rings. The van der Waals surface area contributed by atoms with Gasteiger partial charge in [0.1, 0.15) is 11.5 Å². The minimum Gasteiger partial charge on any atom is -0.295 e. The lowest BCUT2D eigenvalue weighted by Crippen LogP contribution is -2.38. The number of hydrogen-bond acceptors (Lipinski definition) is 2. The summed E-state index contributed by atoms with van der Waals surface area (Å²) in [6, 6.07) is 31.9. The zero-order chi connectivity index (χ0) is 25.5. The summed E-state index contributed by atoms with van der Waals surface area (Å²) in [5.41, 5.74) is 4.27. The molecule has 0 saturated carbocycles. The van der Waals surface area contributed by atoms with Gasteiger partial charge in [0.2, 0.25) is 0 Å². The van der Waals surface area contributed by atoms with Crippen molar-refractivity contribution in [2.24, 2.45) is 0 Å². The molecule has 2 heterocycles. The van der Waals surface area contributed by atoms with Crippen LogP contribution in [0.25, 0.3) is 6.08 Å². The molecule has 0 N–H and O–H groups in total. The highest BCUT2D eigenvalue weighted by Gasteiger charge is 2.52. The lowest BCUT2D eigenvalue weighted by molar-refractivity contribution is -0.118. The number of nitrogens with zero attached hydrogens (tertiary/aromatic N) is 2. The standard InChI is InChI=1S/C31H20BrFN2O2/c32-22-15-13-21(14-16-22)28-27-26(19-20-11-17-23(33)18-12-20)30(36)35(25-9-5-2-6-10-25)29(27)31(37)34(28)24-7-3-1-4-8-24/h1-19,28H/b26-19-/t28-/m0/s1. The number of halogens is 2. The largest absolute Gasteiger partial charge is 0.295 e. The Balaban J connectivity index is 1.61. The molecule has 6 rings (SSSR count). The van der Waals surface area contributed by atoms with Gasteiger partial charge in [0.25, 0.3) is 11.8 Å². The second kappa shape index (κ2) is 9.30. The summed E-state index contributed by atoms with van der Waals surface area (Å²) in [5.74, 6) is -0.901. The van der Waals surface area contributed by atoms with E-state index in [4.69, 9.17) is 0 Å². The van der Waals surface area contributed by atoms with Gasteiger partial charge in [0, 0.05) is 27.0 Å². The molecule has 1 atom stereocenters. The van der Waals surface area contributed by atoms with E-state index in [2.05, 4.69) is 15.9 Å². The molecule has 0 bridgehead atoms. The fourth-order valence-corrected chi connectivity index (χ4v) is 5.20. The van der Waals surface area contributed by atoms with Gasteiger partial charge in [-0.15, -0.1) is 0 Å². The summed E-state index contributed by atoms with van der Waals surface area (Å²) in [6.45, 7) is 0. The summed E-state index contributed by atoms with van der Waals surface area (Å²) in [6.07, 6.45) is 1.74. The van der Waals surface area contributed by atoms with Crippen molar-refractivity contribution < 1.29 is 14.0 Å². The summed E-state index contributed by atoms with van der Waals surface area (Å²) >= 11 is 3.50. The number of para-hydroxylation sites is 2. The van der Waals surface area contributed by atoms with Gasteiger partial charge in [-0.05, 0) is 65.7 Å². The number of rotatable bonds is 4. The first kappa shape index (κ1) is 23.1. The number of hydrogen-bond donors (Lipinski definition) is 0. The normalized spacial score (nSPS) is 18.2. The predicted molar refractivity (Wildman–Crippen MR) is 146 cm³/mol. The molecule has 0 radical (unpaired) electrons. The topological polar surface area (TPSA) is 40.6 Å². The van der Waals surface area contributed by atoms with Crippen molar-refractivity contribution in [1.29, 1.82) is 0 Å². The van der Waals surface area contributed by atoms with Gasteiger partial charge in [-0.2, -0.15) is 0 Å². The maximum atomic E-state index is 14.2. The van der Waals surface area contributed by atoms with Gasteiger partial charge in [-0.1, -0.05) is 76.6 Å². The van der Waals surface area contributed by atoms with Gasteiger partial charge in [-0.3, -0.25) is 19.4 Å². The first-order valence-corrected chi connectivity index (χ1v) is 12.6. The molecule has 2 amide bonds. The molecule has 2 aliphatic heterocycles. The number of carbonyl (C=O) groups excluding carboxylic acids is 2. The highest BCUT2D eigenvalue weighted by atomic mass is 79.9. The van der Waals surface area contributed by atoms with Crippen LogP contribution in [0.15, 0.2) is 131 Å². The molecule has 0 spiro atoms. The van der Waals surface area contributed by atoms with E-state index in [1.54, 1.807) is 23.1 Å². The molecule has 4 nitrogen and oxygen atoms in total. The molecule has 0 aromatic heterocycles. The second-order valence-corrected chi connectivity index (χ2v) is 9.73. The molecule has 2 aliphatic rings. The maximum absolute atomic E-state index is 14.2. The lowest BCUT2D eigenvalue weighted by Gasteiger charge is -2.30. The summed E-state index contributed by atoms with van der Waals surface area (Å²) in [5, 5.41) is 0. The van der Waals surface area contributed by atoms with Crippen molar-refractivity contribution in [3.8, 4) is 0 Å². The average Bonchev–Trinajstić information content (AvgIpc) is 3.37. The van der Waals surface area contributed by atoms with Crippen molar-refractivity contribution in [3.05, 3.63) is 147 Å². The molecule has 6 heteroatoms. The summed E-state index contributed by atoms with van der Waals surface area (Å²) in [4.78, 5) is 31.4. The molecule has 37 heavy (non-hydrogen) atoms. The van der Waals surface area contributed by atoms with Crippen molar-refractivity contribution in [2.75, 3.05) is 9.80 Å². The second-order valence-electron chi connectivity index (χ2n) is 8.81. The van der Waals surface area contributed by atoms with Gasteiger partial charge in [0.15, 0.2) is 0 Å². The van der Waals surface area contributed by atoms with Crippen LogP contribution in [0.3, 0.4) is 0 Å². The Morgan fingerprint density at radius 2 is 1.30 bits per heavy atom. The Kier molecular flexibility index (Phi) is 5.81. The number of anilines is 2. The zero-order valence-electron chi connectivity index (χ0n) is 19.5. The molecular formula is C31H20BrFN2O2. The quantitative estimate of drug-likeness (QED) is 0.255. The molecule has 4 aromatic carbocycles. The minimum atomic E-state index is -0.526. The van der Waals surface area contributed by atoms with Crippen molar-refractivity contribution in [2.45, 2.75) is 6.04 Å². The van der Waals surface area contributed by atoms with Gasteiger partial charge < -0.3 is 0 Å². The average molecular weight is 551 g/mol. The third-order valence-corrected chi connectivity index (χ3v) is 7.10. The first-order chi connectivity index (χ1) is 18.0. The molecular weight excluding hydrogens is 531 g/mol. The van der Waals surface area contributed by atoms with Crippen LogP contribution < -0.4 is 9.80 Å². The number of carbonyl (C=O) groups is 2. The van der Waals surface area contributed by atoms with Crippen LogP contribution in [0, 0.1) is 5.82 Å². The third kappa shape index (κ3) is 3.99. The molecule has 0 fully saturated rings. The molecule has 180 valence electrons. The third-order valence-electron chi connectivity index (χ3n) is 6.57. The van der Waals surface area contributed by atoms with E-state index >= 15 is 0 Å². The maximum Gasteiger partial charge on any atom is 0.276 e. The molecule has 0 saturated heterocycles. The smallest absolute Gasteiger partial charge is 0.276 e. The Labute approximate surface area is 222 Å². The summed E-state index contributed by atoms with van der Waals surface area (Å²) in [7, 11) is 0. The van der Waals surface area contributed by atoms with Gasteiger partial charge in [0.05, 0.1) is 6.04 Å². The van der Waals surface area contributed by atoms with E-state index < -0.39 is 6.04 Å². The SMILES string of the molecule is O=C1/C(=C\c2ccc(F)cc2)C2=C(C(=O)N(c3ccccc3)[C@H]2c2ccc(Br)cc2)N1c1ccccc1. The fourth-order valence-electron chi connectivity index (χ4n) is 4.94. The fraction of sp³-hybridized carbons (Fsp3) is 0.0323. The van der Waals surface area contributed by atoms with E-state index in [0.29, 0.717) is 28.1 Å². The van der Waals surface area contributed by atoms with Gasteiger partial charge >= 0.3 is 0 Å². The Morgan fingerprint density at radius 1 is 0.703 bits per heavy atom. The van der Waals surface area contributed by atoms with Crippen LogP contribution in [0.4, 0.5) is 15.8 Å². The van der Waals surface area contributed by atoms with E-state index in [9.17, 15) is 14.0 Å². The highest BCUT2D eigenvalue weighted by Crippen LogP contribution is 2.50. The van der Waals surface area contributed by atoms with Crippen LogP contribution >= 0.6 is 15.9 Å². The van der Waals surface area contributed by atoms with Crippen molar-refractivity contribution in [3.63, 3.8) is 0 Å². The summed E-state index contributed by atoms with van der Waals surface area (Å²) < 4.78 is 14.5. The van der Waals surface area contributed by atoms with E-state index in [1.165, 1.54) is 17.0 Å². The Bertz CT molecular complexity index is 1560. The van der Waals surface area contributed by atoms with Crippen molar-refractivity contribution in [1.82, 2.24) is 0 Å². The highest BCUT2D eigenvalue weighted by molar-refractivity contribution is 9.10. The van der Waals surface area contributed by atoms with Crippen molar-refractivity contribution >= 4 is 45.2 Å². The number of amides is 2. The van der Waals surface area contributed by atoms with E-state index in [1.807, 2.05) is 84.9 Å². The van der Waals surface area contributed by atoms with Crippen LogP contribution in [0.2, 0.25) is 0 Å². The Hall–Kier alpha value is -4.29. The molecule has 0 unspecified atom stereocenters. The van der Waals surface area contributed by atoms with Crippen LogP contribution in [0.1, 0.15) is 17.2 Å². The van der Waals surface area contributed by atoms with E-state index in [-0.39, 0.29) is 17.6 Å². The van der Waals surface area contributed by atoms with Crippen LogP contribution in [0.5, 0.6) is 0 Å². The lowest BCUT2D eigenvalue weighted by atomic mass is 9.93. The van der Waals surface area contributed by atoms with Crippen LogP contribution in [-0.2, 0) is 9.59 Å². The first-order valence-electron chi connectivity index (χ1n) is 11.8. The minimum absolute atomic E-state index is 0.256. The number of benzene rings is 4. The Morgan fingerprint density at radius 3 is 1.92 bits per heavy atom. The monoisotopic (exact) mass is 550 g/mol. The van der Waals surface area contributed by atoms with Crippen LogP contribution in [-0.4, -0.2) is 11.8 Å². The van der Waals surface area contributed by atoms with E-state index in [0.717, 1.165) is 15.7 Å². The molecule has 0 aliphatic carbocycles.